The highest BCUT2D eigenvalue weighted by Gasteiger charge is 2.27. The van der Waals surface area contributed by atoms with Crippen LogP contribution in [-0.4, -0.2) is 73.4 Å². The van der Waals surface area contributed by atoms with E-state index in [1.54, 1.807) is 6.08 Å². The van der Waals surface area contributed by atoms with Crippen LogP contribution < -0.4 is 5.32 Å². The molecule has 0 radical (unpaired) electrons. The summed E-state index contributed by atoms with van der Waals surface area (Å²) in [6, 6.07) is -0.840. The molecule has 340 valence electrons. The number of carbonyl (C=O) groups excluding carboxylic acids is 1. The van der Waals surface area contributed by atoms with Crippen LogP contribution in [0.15, 0.2) is 12.2 Å². The van der Waals surface area contributed by atoms with Gasteiger partial charge in [0.15, 0.2) is 0 Å². The number of nitrogens with one attached hydrogen (secondary N) is 1. The maximum atomic E-state index is 12.9. The third kappa shape index (κ3) is 43.1. The summed E-state index contributed by atoms with van der Waals surface area (Å²) in [5.41, 5.74) is 0. The first-order valence-corrected chi connectivity index (χ1v) is 26.1. The summed E-state index contributed by atoms with van der Waals surface area (Å²) in [5.74, 6) is -0.173. The summed E-state index contributed by atoms with van der Waals surface area (Å²) in [7, 11) is 1.58. The highest BCUT2D eigenvalue weighted by molar-refractivity contribution is 7.47. The Morgan fingerprint density at radius 1 is 0.579 bits per heavy atom. The molecule has 57 heavy (non-hydrogen) atoms. The predicted molar refractivity (Wildman–Crippen MR) is 245 cm³/mol. The Bertz CT molecular complexity index is 942. The van der Waals surface area contributed by atoms with Crippen molar-refractivity contribution in [1.29, 1.82) is 0 Å². The van der Waals surface area contributed by atoms with E-state index in [9.17, 15) is 19.4 Å². The van der Waals surface area contributed by atoms with Crippen molar-refractivity contribution in [1.82, 2.24) is 5.32 Å². The first kappa shape index (κ1) is 56.2. The SMILES string of the molecule is CCCCCCCCCCCCCCCCCC/C=C/C(O)C(COP(=O)(O)OCC[N+](C)(C)C)NC(=O)CCCCCCCCCCCCCCCCCCC. The van der Waals surface area contributed by atoms with Gasteiger partial charge in [0, 0.05) is 6.42 Å². The molecule has 0 bridgehead atoms. The molecule has 0 spiro atoms. The average molecular weight is 830 g/mol. The molecule has 0 heterocycles. The molecule has 0 saturated heterocycles. The van der Waals surface area contributed by atoms with Gasteiger partial charge in [0.1, 0.15) is 13.2 Å². The Morgan fingerprint density at radius 2 is 0.930 bits per heavy atom. The topological polar surface area (TPSA) is 105 Å². The normalized spacial score (nSPS) is 14.3. The second kappa shape index (κ2) is 40.6. The predicted octanol–water partition coefficient (Wildman–Crippen LogP) is 13.9. The quantitative estimate of drug-likeness (QED) is 0.0244. The van der Waals surface area contributed by atoms with Gasteiger partial charge >= 0.3 is 7.82 Å². The standard InChI is InChI=1S/C48H97N2O6P/c1-6-8-10-12-14-16-18-20-22-24-26-27-29-31-33-35-37-39-41-47(51)46(45-56-57(53,54)55-44-43-50(3,4)5)49-48(52)42-40-38-36-34-32-30-28-25-23-21-19-17-15-13-11-9-7-2/h39,41,46-47,51H,6-38,40,42-45H2,1-5H3,(H-,49,52,53,54)/p+1/b41-39+. The Kier molecular flexibility index (Phi) is 40.1. The highest BCUT2D eigenvalue weighted by Crippen LogP contribution is 2.43. The number of likely N-dealkylation sites (N-methyl/N-ethyl adjacent to an activating group) is 1. The van der Waals surface area contributed by atoms with E-state index in [0.717, 1.165) is 32.1 Å². The van der Waals surface area contributed by atoms with Crippen LogP contribution in [0.25, 0.3) is 0 Å². The van der Waals surface area contributed by atoms with E-state index in [4.69, 9.17) is 9.05 Å². The number of hydrogen-bond donors (Lipinski definition) is 3. The average Bonchev–Trinajstić information content (AvgIpc) is 3.16. The number of allylic oxidation sites excluding steroid dienone is 1. The maximum absolute atomic E-state index is 12.9. The van der Waals surface area contributed by atoms with Gasteiger partial charge in [-0.15, -0.1) is 0 Å². The van der Waals surface area contributed by atoms with Crippen molar-refractivity contribution in [3.8, 4) is 0 Å². The molecule has 0 saturated carbocycles. The van der Waals surface area contributed by atoms with Crippen molar-refractivity contribution in [3.63, 3.8) is 0 Å². The fraction of sp³-hybridized carbons (Fsp3) is 0.938. The van der Waals surface area contributed by atoms with Gasteiger partial charge in [-0.25, -0.2) is 4.57 Å². The van der Waals surface area contributed by atoms with Crippen molar-refractivity contribution >= 4 is 13.7 Å². The number of carbonyl (C=O) groups is 1. The van der Waals surface area contributed by atoms with Gasteiger partial charge in [0.25, 0.3) is 0 Å². The Hall–Kier alpha value is -0.760. The van der Waals surface area contributed by atoms with Crippen LogP contribution in [0.4, 0.5) is 0 Å². The molecule has 3 atom stereocenters. The van der Waals surface area contributed by atoms with Crippen LogP contribution in [0.3, 0.4) is 0 Å². The zero-order valence-electron chi connectivity index (χ0n) is 38.6. The van der Waals surface area contributed by atoms with Gasteiger partial charge in [-0.3, -0.25) is 13.8 Å². The zero-order valence-corrected chi connectivity index (χ0v) is 39.5. The highest BCUT2D eigenvalue weighted by atomic mass is 31.2. The fourth-order valence-electron chi connectivity index (χ4n) is 7.34. The molecule has 0 aliphatic heterocycles. The number of phosphoric ester groups is 1. The smallest absolute Gasteiger partial charge is 0.387 e. The van der Waals surface area contributed by atoms with Crippen LogP contribution in [0.5, 0.6) is 0 Å². The first-order chi connectivity index (χ1) is 27.5. The minimum absolute atomic E-state index is 0.0649. The molecule has 0 aromatic heterocycles. The summed E-state index contributed by atoms with van der Waals surface area (Å²) in [4.78, 5) is 23.2. The number of aliphatic hydroxyl groups excluding tert-OH is 1. The van der Waals surface area contributed by atoms with Crippen LogP contribution in [0.2, 0.25) is 0 Å². The lowest BCUT2D eigenvalue weighted by atomic mass is 10.0. The molecule has 0 aromatic rings. The lowest BCUT2D eigenvalue weighted by molar-refractivity contribution is -0.870. The lowest BCUT2D eigenvalue weighted by Gasteiger charge is -2.25. The molecule has 3 unspecified atom stereocenters. The van der Waals surface area contributed by atoms with E-state index in [1.807, 2.05) is 27.2 Å². The van der Waals surface area contributed by atoms with E-state index in [-0.39, 0.29) is 19.1 Å². The van der Waals surface area contributed by atoms with Crippen LogP contribution in [0.1, 0.15) is 239 Å². The number of hydrogen-bond acceptors (Lipinski definition) is 5. The fourth-order valence-corrected chi connectivity index (χ4v) is 8.07. The molecular weight excluding hydrogens is 732 g/mol. The van der Waals surface area contributed by atoms with Crippen LogP contribution in [-0.2, 0) is 18.4 Å². The molecular formula is C48H98N2O6P+. The molecule has 9 heteroatoms. The molecule has 0 rings (SSSR count). The molecule has 3 N–H and O–H groups in total. The Morgan fingerprint density at radius 3 is 1.30 bits per heavy atom. The Labute approximate surface area is 354 Å². The third-order valence-electron chi connectivity index (χ3n) is 11.3. The van der Waals surface area contributed by atoms with Crippen molar-refractivity contribution in [2.24, 2.45) is 0 Å². The van der Waals surface area contributed by atoms with Crippen LogP contribution in [0, 0.1) is 0 Å². The van der Waals surface area contributed by atoms with Gasteiger partial charge < -0.3 is 19.8 Å². The molecule has 1 amide bonds. The number of quaternary nitrogens is 1. The molecule has 8 nitrogen and oxygen atoms in total. The van der Waals surface area contributed by atoms with Gasteiger partial charge in [-0.05, 0) is 19.3 Å². The van der Waals surface area contributed by atoms with Gasteiger partial charge in [0.05, 0.1) is 39.9 Å². The van der Waals surface area contributed by atoms with E-state index >= 15 is 0 Å². The number of amides is 1. The molecule has 0 aliphatic rings. The summed E-state index contributed by atoms with van der Waals surface area (Å²) in [6.07, 6.45) is 47.1. The third-order valence-corrected chi connectivity index (χ3v) is 12.2. The van der Waals surface area contributed by atoms with E-state index in [0.29, 0.717) is 17.4 Å². The lowest BCUT2D eigenvalue weighted by Crippen LogP contribution is -2.45. The number of rotatable bonds is 45. The summed E-state index contributed by atoms with van der Waals surface area (Å²) < 4.78 is 23.6. The molecule has 0 aromatic carbocycles. The van der Waals surface area contributed by atoms with Crippen molar-refractivity contribution < 1.29 is 32.9 Å². The Balaban J connectivity index is 4.33. The first-order valence-electron chi connectivity index (χ1n) is 24.6. The summed E-state index contributed by atoms with van der Waals surface area (Å²) >= 11 is 0. The zero-order chi connectivity index (χ0) is 42.1. The van der Waals surface area contributed by atoms with Gasteiger partial charge in [-0.2, -0.15) is 0 Å². The van der Waals surface area contributed by atoms with E-state index in [2.05, 4.69) is 19.2 Å². The number of nitrogens with zero attached hydrogens (tertiary/aromatic N) is 1. The van der Waals surface area contributed by atoms with Crippen LogP contribution >= 0.6 is 7.82 Å². The van der Waals surface area contributed by atoms with Crippen molar-refractivity contribution in [3.05, 3.63) is 12.2 Å². The summed E-state index contributed by atoms with van der Waals surface area (Å²) in [6.45, 7) is 4.85. The van der Waals surface area contributed by atoms with E-state index < -0.39 is 20.0 Å². The summed E-state index contributed by atoms with van der Waals surface area (Å²) in [5, 5.41) is 13.9. The number of phosphoric acid groups is 1. The molecule has 0 fully saturated rings. The monoisotopic (exact) mass is 830 g/mol. The largest absolute Gasteiger partial charge is 0.472 e. The maximum Gasteiger partial charge on any atom is 0.472 e. The van der Waals surface area contributed by atoms with Crippen molar-refractivity contribution in [2.45, 2.75) is 251 Å². The number of unbranched alkanes of at least 4 members (excludes halogenated alkanes) is 32. The second-order valence-corrected chi connectivity index (χ2v) is 19.7. The minimum Gasteiger partial charge on any atom is -0.387 e. The van der Waals surface area contributed by atoms with E-state index in [1.165, 1.54) is 186 Å². The van der Waals surface area contributed by atoms with Gasteiger partial charge in [0.2, 0.25) is 5.91 Å². The van der Waals surface area contributed by atoms with Gasteiger partial charge in [-0.1, -0.05) is 225 Å². The molecule has 0 aliphatic carbocycles. The van der Waals surface area contributed by atoms with Crippen molar-refractivity contribution in [2.75, 3.05) is 40.9 Å². The second-order valence-electron chi connectivity index (χ2n) is 18.2. The number of aliphatic hydroxyl groups is 1. The minimum atomic E-state index is -4.33.